The second-order valence-corrected chi connectivity index (χ2v) is 11.7. The Balaban J connectivity index is 1.12. The normalized spacial score (nSPS) is 14.7. The summed E-state index contributed by atoms with van der Waals surface area (Å²) in [5.41, 5.74) is 3.31. The van der Waals surface area contributed by atoms with Crippen LogP contribution in [0.4, 0.5) is 4.39 Å². The molecule has 1 aliphatic rings. The van der Waals surface area contributed by atoms with Gasteiger partial charge in [0.15, 0.2) is 5.82 Å². The van der Waals surface area contributed by atoms with E-state index in [4.69, 9.17) is 4.74 Å². The van der Waals surface area contributed by atoms with Crippen LogP contribution in [0.15, 0.2) is 84.9 Å². The Morgan fingerprint density at radius 1 is 1.02 bits per heavy atom. The van der Waals surface area contributed by atoms with Crippen LogP contribution >= 0.6 is 0 Å². The Morgan fingerprint density at radius 2 is 1.76 bits per heavy atom. The summed E-state index contributed by atoms with van der Waals surface area (Å²) in [6, 6.07) is 20.8. The van der Waals surface area contributed by atoms with Crippen LogP contribution in [-0.4, -0.2) is 72.6 Å². The fourth-order valence-corrected chi connectivity index (χ4v) is 5.61. The Hall–Kier alpha value is -4.02. The number of benzene rings is 2. The number of nitrogens with one attached hydrogen (secondary N) is 2. The summed E-state index contributed by atoms with van der Waals surface area (Å²) in [4.78, 5) is 20.0. The quantitative estimate of drug-likeness (QED) is 0.0993. The van der Waals surface area contributed by atoms with Crippen LogP contribution < -0.4 is 15.4 Å². The first-order valence-corrected chi connectivity index (χ1v) is 16.1. The van der Waals surface area contributed by atoms with Gasteiger partial charge in [-0.3, -0.25) is 20.0 Å². The van der Waals surface area contributed by atoms with E-state index >= 15 is 0 Å². The number of likely N-dealkylation sites (tertiary alicyclic amines) is 1. The number of piperidine rings is 1. The summed E-state index contributed by atoms with van der Waals surface area (Å²) in [5, 5.41) is 17.5. The molecule has 242 valence electrons. The molecule has 1 unspecified atom stereocenters. The third-order valence-electron chi connectivity index (χ3n) is 8.07. The number of nitrogens with zero attached hydrogens (tertiary/aromatic N) is 4. The Bertz CT molecular complexity index is 1300. The minimum Gasteiger partial charge on any atom is -0.494 e. The molecule has 0 radical (unpaired) electrons. The molecule has 1 fully saturated rings. The van der Waals surface area contributed by atoms with Crippen molar-refractivity contribution in [2.45, 2.75) is 51.0 Å². The van der Waals surface area contributed by atoms with Gasteiger partial charge >= 0.3 is 0 Å². The Morgan fingerprint density at radius 3 is 2.44 bits per heavy atom. The van der Waals surface area contributed by atoms with Crippen molar-refractivity contribution in [3.8, 4) is 5.75 Å². The SMILES string of the molecule is CN(CCCN/C(=C\[N+](=O)[O-])NCCCOc1ccc(CN2CCCCC2)cc1)CCC(c1ccc(F)cc1)c1ccccn1. The lowest BCUT2D eigenvalue weighted by molar-refractivity contribution is -0.404. The topological polar surface area (TPSA) is 95.8 Å². The van der Waals surface area contributed by atoms with Crippen LogP contribution in [-0.2, 0) is 6.54 Å². The smallest absolute Gasteiger partial charge is 0.274 e. The highest BCUT2D eigenvalue weighted by atomic mass is 19.1. The van der Waals surface area contributed by atoms with Gasteiger partial charge in [0.05, 0.1) is 11.5 Å². The van der Waals surface area contributed by atoms with E-state index in [9.17, 15) is 14.5 Å². The molecule has 0 saturated carbocycles. The standard InChI is InChI=1S/C35H47FN6O3/c1-40(25-18-33(34-9-3-4-19-37-34)30-12-14-31(36)15-13-30)22-7-20-38-35(28-42(43)44)39-21-8-26-45-32-16-10-29(11-17-32)27-41-23-5-2-6-24-41/h3-4,9-17,19,28,33,38-39H,2,5-8,18,20-27H2,1H3/b35-28+. The maximum absolute atomic E-state index is 13.5. The lowest BCUT2D eigenvalue weighted by Crippen LogP contribution is -2.31. The number of halogens is 1. The van der Waals surface area contributed by atoms with Gasteiger partial charge in [0.25, 0.3) is 6.20 Å². The molecule has 1 aromatic heterocycles. The van der Waals surface area contributed by atoms with Gasteiger partial charge in [-0.15, -0.1) is 0 Å². The van der Waals surface area contributed by atoms with Crippen LogP contribution in [0, 0.1) is 15.9 Å². The summed E-state index contributed by atoms with van der Waals surface area (Å²) < 4.78 is 19.4. The molecule has 0 amide bonds. The number of nitro groups is 1. The zero-order valence-corrected chi connectivity index (χ0v) is 26.4. The summed E-state index contributed by atoms with van der Waals surface area (Å²) in [5.74, 6) is 1.06. The largest absolute Gasteiger partial charge is 0.494 e. The van der Waals surface area contributed by atoms with E-state index in [1.807, 2.05) is 42.5 Å². The second kappa shape index (κ2) is 18.7. The molecule has 1 atom stereocenters. The summed E-state index contributed by atoms with van der Waals surface area (Å²) in [6.45, 7) is 6.67. The number of hydrogen-bond donors (Lipinski definition) is 2. The maximum atomic E-state index is 13.5. The van der Waals surface area contributed by atoms with E-state index < -0.39 is 4.92 Å². The minimum absolute atomic E-state index is 0.0685. The summed E-state index contributed by atoms with van der Waals surface area (Å²) in [7, 11) is 2.06. The first-order chi connectivity index (χ1) is 22.0. The highest BCUT2D eigenvalue weighted by Crippen LogP contribution is 2.27. The fraction of sp³-hybridized carbons (Fsp3) is 0.457. The van der Waals surface area contributed by atoms with Crippen molar-refractivity contribution in [2.24, 2.45) is 0 Å². The average molecular weight is 619 g/mol. The van der Waals surface area contributed by atoms with Crippen LogP contribution in [0.2, 0.25) is 0 Å². The fourth-order valence-electron chi connectivity index (χ4n) is 5.61. The molecular weight excluding hydrogens is 571 g/mol. The first kappa shape index (κ1) is 33.9. The zero-order chi connectivity index (χ0) is 31.7. The van der Waals surface area contributed by atoms with E-state index in [2.05, 4.69) is 44.6 Å². The van der Waals surface area contributed by atoms with Gasteiger partial charge in [-0.05, 0) is 113 Å². The molecule has 4 rings (SSSR count). The van der Waals surface area contributed by atoms with Gasteiger partial charge in [-0.25, -0.2) is 4.39 Å². The number of rotatable bonds is 19. The lowest BCUT2D eigenvalue weighted by atomic mass is 9.91. The molecule has 0 aliphatic carbocycles. The summed E-state index contributed by atoms with van der Waals surface area (Å²) >= 11 is 0. The molecule has 10 heteroatoms. The van der Waals surface area contributed by atoms with Crippen LogP contribution in [0.1, 0.15) is 61.3 Å². The molecule has 45 heavy (non-hydrogen) atoms. The van der Waals surface area contributed by atoms with Gasteiger partial charge in [0.2, 0.25) is 0 Å². The van der Waals surface area contributed by atoms with Gasteiger partial charge < -0.3 is 20.3 Å². The van der Waals surface area contributed by atoms with Crippen LogP contribution in [0.5, 0.6) is 5.75 Å². The van der Waals surface area contributed by atoms with Crippen molar-refractivity contribution in [3.05, 3.63) is 118 Å². The highest BCUT2D eigenvalue weighted by Gasteiger charge is 2.16. The zero-order valence-electron chi connectivity index (χ0n) is 26.4. The van der Waals surface area contributed by atoms with Crippen LogP contribution in [0.3, 0.4) is 0 Å². The van der Waals surface area contributed by atoms with E-state index in [0.717, 1.165) is 55.7 Å². The van der Waals surface area contributed by atoms with Gasteiger partial charge in [-0.1, -0.05) is 36.8 Å². The van der Waals surface area contributed by atoms with Crippen molar-refractivity contribution in [3.63, 3.8) is 0 Å². The van der Waals surface area contributed by atoms with Gasteiger partial charge in [0.1, 0.15) is 11.6 Å². The Kier molecular flexibility index (Phi) is 14.1. The van der Waals surface area contributed by atoms with E-state index in [1.54, 1.807) is 6.20 Å². The molecule has 0 spiro atoms. The van der Waals surface area contributed by atoms with Gasteiger partial charge in [-0.2, -0.15) is 0 Å². The molecule has 9 nitrogen and oxygen atoms in total. The number of ether oxygens (including phenoxy) is 1. The third kappa shape index (κ3) is 12.5. The number of aromatic nitrogens is 1. The molecule has 3 aromatic rings. The average Bonchev–Trinajstić information content (AvgIpc) is 3.05. The third-order valence-corrected chi connectivity index (χ3v) is 8.07. The van der Waals surface area contributed by atoms with Crippen molar-refractivity contribution < 1.29 is 14.1 Å². The second-order valence-electron chi connectivity index (χ2n) is 11.7. The lowest BCUT2D eigenvalue weighted by Gasteiger charge is -2.26. The predicted octanol–water partition coefficient (Wildman–Crippen LogP) is 5.77. The van der Waals surface area contributed by atoms with Crippen molar-refractivity contribution >= 4 is 0 Å². The highest BCUT2D eigenvalue weighted by molar-refractivity contribution is 5.29. The molecule has 0 bridgehead atoms. The first-order valence-electron chi connectivity index (χ1n) is 16.1. The van der Waals surface area contributed by atoms with E-state index in [-0.39, 0.29) is 11.7 Å². The molecular formula is C35H47FN6O3. The van der Waals surface area contributed by atoms with Crippen molar-refractivity contribution in [2.75, 3.05) is 52.9 Å². The van der Waals surface area contributed by atoms with Crippen molar-refractivity contribution in [1.29, 1.82) is 0 Å². The molecule has 2 heterocycles. The molecule has 1 aliphatic heterocycles. The van der Waals surface area contributed by atoms with Gasteiger partial charge in [0, 0.05) is 37.4 Å². The van der Waals surface area contributed by atoms with E-state index in [0.29, 0.717) is 31.9 Å². The minimum atomic E-state index is -0.448. The Labute approximate surface area is 266 Å². The molecule has 1 saturated heterocycles. The van der Waals surface area contributed by atoms with E-state index in [1.165, 1.54) is 50.0 Å². The number of hydrogen-bond acceptors (Lipinski definition) is 8. The summed E-state index contributed by atoms with van der Waals surface area (Å²) in [6.07, 6.45) is 9.04. The monoisotopic (exact) mass is 618 g/mol. The number of pyridine rings is 1. The predicted molar refractivity (Wildman–Crippen MR) is 176 cm³/mol. The molecule has 2 aromatic carbocycles. The maximum Gasteiger partial charge on any atom is 0.274 e. The van der Waals surface area contributed by atoms with Crippen LogP contribution in [0.25, 0.3) is 0 Å². The van der Waals surface area contributed by atoms with Crippen molar-refractivity contribution in [1.82, 2.24) is 25.4 Å². The molecule has 2 N–H and O–H groups in total.